The summed E-state index contributed by atoms with van der Waals surface area (Å²) in [6.45, 7) is 1.45. The number of phenolic OH excluding ortho intramolecular Hbond substituents is 1. The number of carbonyl (C=O) groups excluding carboxylic acids is 1. The Morgan fingerprint density at radius 1 is 1.59 bits per heavy atom. The van der Waals surface area contributed by atoms with Crippen molar-refractivity contribution in [1.29, 1.82) is 0 Å². The number of phenols is 1. The zero-order chi connectivity index (χ0) is 12.1. The van der Waals surface area contributed by atoms with Gasteiger partial charge in [-0.25, -0.2) is 4.79 Å². The Hall–Kier alpha value is -1.75. The smallest absolute Gasteiger partial charge is 0.407 e. The Morgan fingerprint density at radius 2 is 2.47 bits per heavy atom. The van der Waals surface area contributed by atoms with E-state index in [9.17, 15) is 9.90 Å². The van der Waals surface area contributed by atoms with Gasteiger partial charge < -0.3 is 19.9 Å². The van der Waals surface area contributed by atoms with Crippen molar-refractivity contribution in [3.05, 3.63) is 29.8 Å². The van der Waals surface area contributed by atoms with Crippen LogP contribution in [0, 0.1) is 0 Å². The first-order valence-electron chi connectivity index (χ1n) is 5.54. The fourth-order valence-electron chi connectivity index (χ4n) is 1.64. The summed E-state index contributed by atoms with van der Waals surface area (Å²) in [4.78, 5) is 11.4. The molecule has 0 radical (unpaired) electrons. The fraction of sp³-hybridized carbons (Fsp3) is 0.417. The van der Waals surface area contributed by atoms with E-state index in [0.29, 0.717) is 19.8 Å². The van der Waals surface area contributed by atoms with Crippen LogP contribution in [-0.2, 0) is 16.0 Å². The van der Waals surface area contributed by atoms with Crippen LogP contribution in [-0.4, -0.2) is 30.5 Å². The van der Waals surface area contributed by atoms with Gasteiger partial charge in [-0.2, -0.15) is 0 Å². The highest BCUT2D eigenvalue weighted by molar-refractivity contribution is 5.67. The monoisotopic (exact) mass is 237 g/mol. The molecule has 2 rings (SSSR count). The molecule has 0 saturated carbocycles. The number of nitrogens with one attached hydrogen (secondary N) is 1. The number of carbonyl (C=O) groups is 1. The Balaban J connectivity index is 1.75. The van der Waals surface area contributed by atoms with Crippen LogP contribution in [0.2, 0.25) is 0 Å². The van der Waals surface area contributed by atoms with E-state index in [1.54, 1.807) is 18.2 Å². The number of ether oxygens (including phenoxy) is 2. The zero-order valence-corrected chi connectivity index (χ0v) is 9.39. The third kappa shape index (κ3) is 3.64. The summed E-state index contributed by atoms with van der Waals surface area (Å²) in [5.41, 5.74) is 0.824. The van der Waals surface area contributed by atoms with Crippen LogP contribution in [0.15, 0.2) is 24.3 Å². The second kappa shape index (κ2) is 5.54. The van der Waals surface area contributed by atoms with Crippen molar-refractivity contribution in [1.82, 2.24) is 5.32 Å². The summed E-state index contributed by atoms with van der Waals surface area (Å²) in [6.07, 6.45) is 0.155. The highest BCUT2D eigenvalue weighted by Gasteiger charge is 2.19. The van der Waals surface area contributed by atoms with Crippen molar-refractivity contribution in [2.75, 3.05) is 13.2 Å². The molecule has 1 aromatic rings. The van der Waals surface area contributed by atoms with Gasteiger partial charge in [0, 0.05) is 13.0 Å². The van der Waals surface area contributed by atoms with Gasteiger partial charge in [-0.3, -0.25) is 0 Å². The largest absolute Gasteiger partial charge is 0.508 e. The number of rotatable bonds is 3. The molecule has 1 aliphatic rings. The van der Waals surface area contributed by atoms with Gasteiger partial charge in [0.25, 0.3) is 0 Å². The average Bonchev–Trinajstić information content (AvgIpc) is 2.79. The minimum Gasteiger partial charge on any atom is -0.508 e. The number of hydrogen-bond donors (Lipinski definition) is 2. The van der Waals surface area contributed by atoms with Crippen LogP contribution in [0.1, 0.15) is 12.0 Å². The molecule has 1 heterocycles. The van der Waals surface area contributed by atoms with Crippen LogP contribution in [0.4, 0.5) is 4.79 Å². The van der Waals surface area contributed by atoms with Gasteiger partial charge >= 0.3 is 6.09 Å². The summed E-state index contributed by atoms with van der Waals surface area (Å²) < 4.78 is 10.2. The van der Waals surface area contributed by atoms with Gasteiger partial charge in [0.15, 0.2) is 0 Å². The fourth-order valence-corrected chi connectivity index (χ4v) is 1.64. The number of hydrogen-bond acceptors (Lipinski definition) is 4. The Kier molecular flexibility index (Phi) is 3.82. The van der Waals surface area contributed by atoms with E-state index < -0.39 is 6.09 Å². The molecule has 5 heteroatoms. The first kappa shape index (κ1) is 11.7. The lowest BCUT2D eigenvalue weighted by molar-refractivity contribution is 0.0828. The lowest BCUT2D eigenvalue weighted by Gasteiger charge is -2.11. The SMILES string of the molecule is O=C(NCc1cccc(O)c1)O[C@H]1CCOC1. The highest BCUT2D eigenvalue weighted by Crippen LogP contribution is 2.11. The quantitative estimate of drug-likeness (QED) is 0.834. The van der Waals surface area contributed by atoms with Gasteiger partial charge in [-0.05, 0) is 17.7 Å². The van der Waals surface area contributed by atoms with Gasteiger partial charge in [0.05, 0.1) is 13.2 Å². The molecule has 1 aromatic carbocycles. The summed E-state index contributed by atoms with van der Waals surface area (Å²) in [6, 6.07) is 6.72. The number of benzene rings is 1. The summed E-state index contributed by atoms with van der Waals surface area (Å²) in [5, 5.41) is 11.9. The molecule has 92 valence electrons. The molecule has 1 aliphatic heterocycles. The molecule has 17 heavy (non-hydrogen) atoms. The Morgan fingerprint density at radius 3 is 3.18 bits per heavy atom. The molecule has 5 nitrogen and oxygen atoms in total. The van der Waals surface area contributed by atoms with Gasteiger partial charge in [0.1, 0.15) is 11.9 Å². The molecule has 0 bridgehead atoms. The predicted octanol–water partition coefficient (Wildman–Crippen LogP) is 1.41. The first-order valence-corrected chi connectivity index (χ1v) is 5.54. The predicted molar refractivity (Wildman–Crippen MR) is 60.7 cm³/mol. The highest BCUT2D eigenvalue weighted by atomic mass is 16.6. The molecule has 0 aliphatic carbocycles. The Labute approximate surface area is 99.3 Å². The molecular formula is C12H15NO4. The number of alkyl carbamates (subject to hydrolysis) is 1. The normalized spacial score (nSPS) is 18.9. The van der Waals surface area contributed by atoms with E-state index in [1.807, 2.05) is 6.07 Å². The van der Waals surface area contributed by atoms with Crippen molar-refractivity contribution in [2.45, 2.75) is 19.1 Å². The van der Waals surface area contributed by atoms with Crippen LogP contribution < -0.4 is 5.32 Å². The number of amides is 1. The second-order valence-electron chi connectivity index (χ2n) is 3.91. The van der Waals surface area contributed by atoms with Gasteiger partial charge in [0.2, 0.25) is 0 Å². The van der Waals surface area contributed by atoms with E-state index in [0.717, 1.165) is 12.0 Å². The molecule has 0 spiro atoms. The summed E-state index contributed by atoms with van der Waals surface area (Å²) in [7, 11) is 0. The topological polar surface area (TPSA) is 67.8 Å². The Bertz CT molecular complexity index is 388. The molecule has 1 amide bonds. The van der Waals surface area contributed by atoms with E-state index in [-0.39, 0.29) is 11.9 Å². The summed E-state index contributed by atoms with van der Waals surface area (Å²) >= 11 is 0. The maximum absolute atomic E-state index is 11.4. The van der Waals surface area contributed by atoms with Crippen LogP contribution >= 0.6 is 0 Å². The van der Waals surface area contributed by atoms with E-state index in [4.69, 9.17) is 9.47 Å². The molecule has 0 aromatic heterocycles. The second-order valence-corrected chi connectivity index (χ2v) is 3.91. The van der Waals surface area contributed by atoms with Crippen molar-refractivity contribution < 1.29 is 19.4 Å². The molecule has 1 fully saturated rings. The van der Waals surface area contributed by atoms with Crippen LogP contribution in [0.3, 0.4) is 0 Å². The molecular weight excluding hydrogens is 222 g/mol. The standard InChI is InChI=1S/C12H15NO4/c14-10-3-1-2-9(6-10)7-13-12(15)17-11-4-5-16-8-11/h1-3,6,11,14H,4-5,7-8H2,(H,13,15)/t11-/m0/s1. The maximum Gasteiger partial charge on any atom is 0.407 e. The van der Waals surface area contributed by atoms with Crippen LogP contribution in [0.5, 0.6) is 5.75 Å². The van der Waals surface area contributed by atoms with E-state index >= 15 is 0 Å². The van der Waals surface area contributed by atoms with Crippen molar-refractivity contribution in [3.63, 3.8) is 0 Å². The van der Waals surface area contributed by atoms with Crippen LogP contribution in [0.25, 0.3) is 0 Å². The molecule has 2 N–H and O–H groups in total. The molecule has 1 saturated heterocycles. The van der Waals surface area contributed by atoms with Gasteiger partial charge in [-0.1, -0.05) is 12.1 Å². The first-order chi connectivity index (χ1) is 8.24. The summed E-state index contributed by atoms with van der Waals surface area (Å²) in [5.74, 6) is 0.182. The van der Waals surface area contributed by atoms with E-state index in [1.165, 1.54) is 0 Å². The zero-order valence-electron chi connectivity index (χ0n) is 9.39. The third-order valence-electron chi connectivity index (χ3n) is 2.51. The molecule has 1 atom stereocenters. The average molecular weight is 237 g/mol. The minimum atomic E-state index is -0.455. The minimum absolute atomic E-state index is 0.140. The van der Waals surface area contributed by atoms with Crippen molar-refractivity contribution >= 4 is 6.09 Å². The third-order valence-corrected chi connectivity index (χ3v) is 2.51. The molecule has 0 unspecified atom stereocenters. The lowest BCUT2D eigenvalue weighted by atomic mass is 10.2. The lowest BCUT2D eigenvalue weighted by Crippen LogP contribution is -2.28. The maximum atomic E-state index is 11.4. The van der Waals surface area contributed by atoms with Gasteiger partial charge in [-0.15, -0.1) is 0 Å². The van der Waals surface area contributed by atoms with Crippen molar-refractivity contribution in [2.24, 2.45) is 0 Å². The number of aromatic hydroxyl groups is 1. The van der Waals surface area contributed by atoms with Crippen molar-refractivity contribution in [3.8, 4) is 5.75 Å². The van der Waals surface area contributed by atoms with E-state index in [2.05, 4.69) is 5.32 Å².